The quantitative estimate of drug-likeness (QED) is 0.417. The van der Waals surface area contributed by atoms with E-state index in [0.29, 0.717) is 48.3 Å². The Labute approximate surface area is 227 Å². The summed E-state index contributed by atoms with van der Waals surface area (Å²) in [7, 11) is 0. The molecule has 1 fully saturated rings. The Kier molecular flexibility index (Phi) is 8.33. The first-order valence-corrected chi connectivity index (χ1v) is 13.0. The van der Waals surface area contributed by atoms with E-state index >= 15 is 0 Å². The topological polar surface area (TPSA) is 102 Å². The van der Waals surface area contributed by atoms with Crippen molar-refractivity contribution < 1.29 is 28.5 Å². The van der Waals surface area contributed by atoms with E-state index in [2.05, 4.69) is 20.4 Å². The molecule has 0 aromatic heterocycles. The van der Waals surface area contributed by atoms with E-state index in [1.165, 1.54) is 0 Å². The summed E-state index contributed by atoms with van der Waals surface area (Å²) in [5.41, 5.74) is 2.87. The molecule has 0 unspecified atom stereocenters. The van der Waals surface area contributed by atoms with Gasteiger partial charge in [-0.2, -0.15) is 0 Å². The Balaban J connectivity index is 1.06. The fraction of sp³-hybridized carbons (Fsp3) is 0.310. The van der Waals surface area contributed by atoms with Gasteiger partial charge in [0.15, 0.2) is 11.5 Å². The number of hydrogen-bond donors (Lipinski definition) is 2. The predicted octanol–water partition coefficient (Wildman–Crippen LogP) is 4.44. The lowest BCUT2D eigenvalue weighted by Gasteiger charge is -2.36. The monoisotopic (exact) mass is 532 g/mol. The summed E-state index contributed by atoms with van der Waals surface area (Å²) in [6.45, 7) is 6.86. The third-order valence-electron chi connectivity index (χ3n) is 6.54. The van der Waals surface area contributed by atoms with Gasteiger partial charge in [0.05, 0.1) is 12.3 Å². The molecule has 2 heterocycles. The Morgan fingerprint density at radius 2 is 1.72 bits per heavy atom. The van der Waals surface area contributed by atoms with Gasteiger partial charge in [-0.3, -0.25) is 15.0 Å². The number of para-hydroxylation sites is 2. The van der Waals surface area contributed by atoms with Crippen molar-refractivity contribution in [3.05, 3.63) is 72.3 Å². The highest BCUT2D eigenvalue weighted by molar-refractivity contribution is 6.04. The molecule has 0 aliphatic carbocycles. The van der Waals surface area contributed by atoms with Crippen LogP contribution in [0.1, 0.15) is 17.3 Å². The number of nitrogens with one attached hydrogen (secondary N) is 2. The third kappa shape index (κ3) is 6.71. The minimum atomic E-state index is -0.500. The van der Waals surface area contributed by atoms with Crippen molar-refractivity contribution in [3.63, 3.8) is 0 Å². The minimum absolute atomic E-state index is 0.169. The second kappa shape index (κ2) is 12.4. The lowest BCUT2D eigenvalue weighted by atomic mass is 10.1. The van der Waals surface area contributed by atoms with Gasteiger partial charge < -0.3 is 29.2 Å². The number of nitrogens with zero attached hydrogens (tertiary/aromatic N) is 2. The normalized spacial score (nSPS) is 14.5. The van der Waals surface area contributed by atoms with Crippen LogP contribution in [0.4, 0.5) is 21.9 Å². The van der Waals surface area contributed by atoms with Crippen molar-refractivity contribution >= 4 is 29.1 Å². The zero-order valence-electron chi connectivity index (χ0n) is 21.9. The Bertz CT molecular complexity index is 1310. The molecule has 10 nitrogen and oxygen atoms in total. The van der Waals surface area contributed by atoms with E-state index in [4.69, 9.17) is 18.9 Å². The van der Waals surface area contributed by atoms with Gasteiger partial charge in [0.2, 0.25) is 6.79 Å². The van der Waals surface area contributed by atoms with Crippen LogP contribution in [0, 0.1) is 0 Å². The fourth-order valence-corrected chi connectivity index (χ4v) is 4.52. The first-order valence-electron chi connectivity index (χ1n) is 13.0. The highest BCUT2D eigenvalue weighted by Gasteiger charge is 2.19. The molecule has 10 heteroatoms. The van der Waals surface area contributed by atoms with Crippen molar-refractivity contribution in [2.24, 2.45) is 0 Å². The molecule has 0 saturated carbocycles. The van der Waals surface area contributed by atoms with Gasteiger partial charge in [0.1, 0.15) is 12.4 Å². The van der Waals surface area contributed by atoms with Crippen molar-refractivity contribution in [1.82, 2.24) is 4.90 Å². The molecule has 3 aromatic rings. The van der Waals surface area contributed by atoms with Gasteiger partial charge in [-0.25, -0.2) is 4.79 Å². The molecule has 5 rings (SSSR count). The smallest absolute Gasteiger partial charge is 0.411 e. The molecule has 3 aromatic carbocycles. The highest BCUT2D eigenvalue weighted by Crippen LogP contribution is 2.33. The zero-order valence-corrected chi connectivity index (χ0v) is 21.9. The molecular formula is C29H32N4O6. The number of hydrogen-bond acceptors (Lipinski definition) is 8. The van der Waals surface area contributed by atoms with Crippen LogP contribution < -0.4 is 29.7 Å². The lowest BCUT2D eigenvalue weighted by Crippen LogP contribution is -2.47. The van der Waals surface area contributed by atoms with Crippen LogP contribution in [0.3, 0.4) is 0 Å². The maximum Gasteiger partial charge on any atom is 0.411 e. The first-order chi connectivity index (χ1) is 19.1. The summed E-state index contributed by atoms with van der Waals surface area (Å²) in [4.78, 5) is 29.6. The largest absolute Gasteiger partial charge is 0.492 e. The van der Waals surface area contributed by atoms with Gasteiger partial charge in [-0.15, -0.1) is 0 Å². The molecule has 0 radical (unpaired) electrons. The second-order valence-electron chi connectivity index (χ2n) is 9.09. The number of benzene rings is 3. The van der Waals surface area contributed by atoms with E-state index in [-0.39, 0.29) is 12.7 Å². The van der Waals surface area contributed by atoms with Crippen LogP contribution in [0.5, 0.6) is 17.2 Å². The standard InChI is InChI=1S/C29H32N4O6/c1-2-36-25-9-4-3-8-24(25)31-29(35)37-17-16-32-12-14-33(15-13-32)23-7-5-6-22(19-23)30-28(34)21-10-11-26-27(18-21)39-20-38-26/h3-11,18-19H,2,12-17,20H2,1H3,(H,30,34)(H,31,35). The van der Waals surface area contributed by atoms with Gasteiger partial charge in [0.25, 0.3) is 5.91 Å². The summed E-state index contributed by atoms with van der Waals surface area (Å²) in [6, 6.07) is 20.3. The SMILES string of the molecule is CCOc1ccccc1NC(=O)OCCN1CCN(c2cccc(NC(=O)c3ccc4c(c3)OCO4)c2)CC1. The molecule has 0 bridgehead atoms. The zero-order chi connectivity index (χ0) is 27.0. The number of piperazine rings is 1. The summed E-state index contributed by atoms with van der Waals surface area (Å²) < 4.78 is 21.6. The molecule has 2 aliphatic rings. The molecule has 39 heavy (non-hydrogen) atoms. The van der Waals surface area contributed by atoms with Crippen molar-refractivity contribution in [2.75, 3.05) is 68.3 Å². The number of ether oxygens (including phenoxy) is 4. The molecule has 0 spiro atoms. The number of carbonyl (C=O) groups is 2. The Morgan fingerprint density at radius 1 is 0.897 bits per heavy atom. The van der Waals surface area contributed by atoms with Crippen LogP contribution in [0.15, 0.2) is 66.7 Å². The van der Waals surface area contributed by atoms with Crippen LogP contribution >= 0.6 is 0 Å². The van der Waals surface area contributed by atoms with Crippen molar-refractivity contribution in [1.29, 1.82) is 0 Å². The molecule has 0 atom stereocenters. The molecular weight excluding hydrogens is 500 g/mol. The number of carbonyl (C=O) groups excluding carboxylic acids is 2. The van der Waals surface area contributed by atoms with E-state index in [1.807, 2.05) is 49.4 Å². The summed E-state index contributed by atoms with van der Waals surface area (Å²) in [6.07, 6.45) is -0.500. The predicted molar refractivity (Wildman–Crippen MR) is 148 cm³/mol. The van der Waals surface area contributed by atoms with E-state index in [1.54, 1.807) is 24.3 Å². The molecule has 204 valence electrons. The maximum absolute atomic E-state index is 12.8. The number of rotatable bonds is 9. The molecule has 2 amide bonds. The number of amides is 2. The Hall–Kier alpha value is -4.44. The molecule has 1 saturated heterocycles. The van der Waals surface area contributed by atoms with Crippen LogP contribution in [0.25, 0.3) is 0 Å². The number of anilines is 3. The lowest BCUT2D eigenvalue weighted by molar-refractivity contribution is 0.102. The van der Waals surface area contributed by atoms with Gasteiger partial charge >= 0.3 is 6.09 Å². The van der Waals surface area contributed by atoms with Crippen LogP contribution in [-0.2, 0) is 4.74 Å². The number of fused-ring (bicyclic) bond motifs is 1. The van der Waals surface area contributed by atoms with E-state index < -0.39 is 6.09 Å². The van der Waals surface area contributed by atoms with Crippen molar-refractivity contribution in [3.8, 4) is 17.2 Å². The highest BCUT2D eigenvalue weighted by atomic mass is 16.7. The fourth-order valence-electron chi connectivity index (χ4n) is 4.52. The average molecular weight is 533 g/mol. The summed E-state index contributed by atoms with van der Waals surface area (Å²) in [5, 5.41) is 5.72. The third-order valence-corrected chi connectivity index (χ3v) is 6.54. The summed E-state index contributed by atoms with van der Waals surface area (Å²) in [5.74, 6) is 1.63. The van der Waals surface area contributed by atoms with Crippen molar-refractivity contribution in [2.45, 2.75) is 6.92 Å². The van der Waals surface area contributed by atoms with Crippen LogP contribution in [-0.4, -0.2) is 69.6 Å². The molecule has 2 N–H and O–H groups in total. The molecule has 2 aliphatic heterocycles. The van der Waals surface area contributed by atoms with Gasteiger partial charge in [-0.05, 0) is 55.5 Å². The van der Waals surface area contributed by atoms with E-state index in [0.717, 1.165) is 37.6 Å². The summed E-state index contributed by atoms with van der Waals surface area (Å²) >= 11 is 0. The minimum Gasteiger partial charge on any atom is -0.492 e. The first kappa shape index (κ1) is 26.2. The Morgan fingerprint density at radius 3 is 2.56 bits per heavy atom. The van der Waals surface area contributed by atoms with Gasteiger partial charge in [0, 0.05) is 49.7 Å². The van der Waals surface area contributed by atoms with E-state index in [9.17, 15) is 9.59 Å². The van der Waals surface area contributed by atoms with Gasteiger partial charge in [-0.1, -0.05) is 18.2 Å². The maximum atomic E-state index is 12.8. The second-order valence-corrected chi connectivity index (χ2v) is 9.09. The van der Waals surface area contributed by atoms with Crippen LogP contribution in [0.2, 0.25) is 0 Å². The average Bonchev–Trinajstić information content (AvgIpc) is 3.43.